The number of anilines is 2. The van der Waals surface area contributed by atoms with Crippen molar-refractivity contribution < 1.29 is 4.79 Å². The lowest BCUT2D eigenvalue weighted by molar-refractivity contribution is 0.100. The zero-order valence-corrected chi connectivity index (χ0v) is 10.8. The molecule has 0 aliphatic carbocycles. The van der Waals surface area contributed by atoms with Crippen LogP contribution in [0.5, 0.6) is 0 Å². The number of primary amides is 1. The maximum atomic E-state index is 11.3. The lowest BCUT2D eigenvalue weighted by Crippen LogP contribution is -2.14. The van der Waals surface area contributed by atoms with Gasteiger partial charge in [0, 0.05) is 17.9 Å². The molecule has 0 bridgehead atoms. The molecule has 0 aliphatic heterocycles. The number of carbonyl (C=O) groups is 1. The summed E-state index contributed by atoms with van der Waals surface area (Å²) in [5, 5.41) is 3.20. The number of amides is 1. The van der Waals surface area contributed by atoms with Gasteiger partial charge in [0.05, 0.1) is 5.56 Å². The number of aryl methyl sites for hydroxylation is 1. The van der Waals surface area contributed by atoms with Gasteiger partial charge in [-0.1, -0.05) is 29.8 Å². The molecule has 5 N–H and O–H groups in total. The molecule has 0 radical (unpaired) electrons. The van der Waals surface area contributed by atoms with Gasteiger partial charge in [-0.2, -0.15) is 0 Å². The van der Waals surface area contributed by atoms with Crippen molar-refractivity contribution in [3.8, 4) is 0 Å². The van der Waals surface area contributed by atoms with E-state index in [1.54, 1.807) is 18.2 Å². The second kappa shape index (κ2) is 5.44. The molecule has 0 aromatic heterocycles. The van der Waals surface area contributed by atoms with Crippen LogP contribution in [-0.2, 0) is 6.54 Å². The van der Waals surface area contributed by atoms with Crippen molar-refractivity contribution in [1.82, 2.24) is 0 Å². The topological polar surface area (TPSA) is 81.1 Å². The van der Waals surface area contributed by atoms with Gasteiger partial charge in [-0.25, -0.2) is 0 Å². The third-order valence-corrected chi connectivity index (χ3v) is 2.87. The highest BCUT2D eigenvalue weighted by Crippen LogP contribution is 2.19. The zero-order valence-electron chi connectivity index (χ0n) is 10.8. The molecule has 4 nitrogen and oxygen atoms in total. The van der Waals surface area contributed by atoms with Crippen LogP contribution in [0.1, 0.15) is 21.5 Å². The molecule has 2 aromatic carbocycles. The fraction of sp³-hybridized carbons (Fsp3) is 0.133. The Morgan fingerprint density at radius 3 is 2.68 bits per heavy atom. The van der Waals surface area contributed by atoms with Crippen LogP contribution < -0.4 is 16.8 Å². The summed E-state index contributed by atoms with van der Waals surface area (Å²) in [6.07, 6.45) is 0. The molecule has 0 atom stereocenters. The molecule has 0 saturated carbocycles. The summed E-state index contributed by atoms with van der Waals surface area (Å²) in [4.78, 5) is 11.3. The van der Waals surface area contributed by atoms with Crippen molar-refractivity contribution in [2.45, 2.75) is 13.5 Å². The summed E-state index contributed by atoms with van der Waals surface area (Å²) in [7, 11) is 0. The Labute approximate surface area is 112 Å². The molecule has 2 rings (SSSR count). The zero-order chi connectivity index (χ0) is 13.8. The lowest BCUT2D eigenvalue weighted by atomic mass is 10.1. The van der Waals surface area contributed by atoms with Crippen LogP contribution in [0.15, 0.2) is 42.5 Å². The van der Waals surface area contributed by atoms with Crippen LogP contribution in [0.2, 0.25) is 0 Å². The average Bonchev–Trinajstić information content (AvgIpc) is 2.36. The van der Waals surface area contributed by atoms with Crippen molar-refractivity contribution in [3.63, 3.8) is 0 Å². The van der Waals surface area contributed by atoms with Crippen molar-refractivity contribution in [2.24, 2.45) is 5.73 Å². The lowest BCUT2D eigenvalue weighted by Gasteiger charge is -2.11. The summed E-state index contributed by atoms with van der Waals surface area (Å²) >= 11 is 0. The van der Waals surface area contributed by atoms with Crippen LogP contribution in [-0.4, -0.2) is 5.91 Å². The minimum absolute atomic E-state index is 0.446. The van der Waals surface area contributed by atoms with E-state index >= 15 is 0 Å². The first kappa shape index (κ1) is 13.0. The molecule has 0 spiro atoms. The predicted octanol–water partition coefficient (Wildman–Crippen LogP) is 2.29. The Hall–Kier alpha value is -2.49. The highest BCUT2D eigenvalue weighted by atomic mass is 16.1. The molecule has 0 heterocycles. The molecule has 1 amide bonds. The Morgan fingerprint density at radius 2 is 2.00 bits per heavy atom. The summed E-state index contributed by atoms with van der Waals surface area (Å²) in [6, 6.07) is 13.2. The maximum absolute atomic E-state index is 11.3. The van der Waals surface area contributed by atoms with E-state index in [9.17, 15) is 4.79 Å². The van der Waals surface area contributed by atoms with Gasteiger partial charge >= 0.3 is 0 Å². The van der Waals surface area contributed by atoms with E-state index in [2.05, 4.69) is 11.4 Å². The number of nitrogens with one attached hydrogen (secondary N) is 1. The van der Waals surface area contributed by atoms with Crippen molar-refractivity contribution in [1.29, 1.82) is 0 Å². The number of hydrogen-bond acceptors (Lipinski definition) is 3. The molecule has 0 saturated heterocycles. The third-order valence-electron chi connectivity index (χ3n) is 2.87. The molecule has 0 unspecified atom stereocenters. The van der Waals surface area contributed by atoms with E-state index in [1.165, 1.54) is 5.56 Å². The number of hydrogen-bond donors (Lipinski definition) is 3. The molecule has 4 heteroatoms. The molecular formula is C15H17N3O. The van der Waals surface area contributed by atoms with Gasteiger partial charge in [0.1, 0.15) is 0 Å². The van der Waals surface area contributed by atoms with E-state index in [4.69, 9.17) is 11.5 Å². The number of nitrogen functional groups attached to an aromatic ring is 1. The largest absolute Gasteiger partial charge is 0.399 e. The van der Waals surface area contributed by atoms with Crippen LogP contribution >= 0.6 is 0 Å². The molecule has 0 fully saturated rings. The second-order valence-electron chi connectivity index (χ2n) is 4.51. The summed E-state index contributed by atoms with van der Waals surface area (Å²) in [6.45, 7) is 2.66. The van der Waals surface area contributed by atoms with Gasteiger partial charge in [0.15, 0.2) is 0 Å². The Kier molecular flexibility index (Phi) is 3.71. The van der Waals surface area contributed by atoms with Gasteiger partial charge < -0.3 is 16.8 Å². The first-order chi connectivity index (χ1) is 9.06. The SMILES string of the molecule is Cc1cccc(CNc2cc(N)ccc2C(N)=O)c1. The van der Waals surface area contributed by atoms with E-state index in [0.29, 0.717) is 23.5 Å². The quantitative estimate of drug-likeness (QED) is 0.733. The molecular weight excluding hydrogens is 238 g/mol. The van der Waals surface area contributed by atoms with E-state index in [-0.39, 0.29) is 0 Å². The number of benzene rings is 2. The molecule has 0 aliphatic rings. The fourth-order valence-corrected chi connectivity index (χ4v) is 1.94. The Bertz CT molecular complexity index is 608. The van der Waals surface area contributed by atoms with Gasteiger partial charge in [-0.05, 0) is 30.7 Å². The van der Waals surface area contributed by atoms with Gasteiger partial charge in [-0.3, -0.25) is 4.79 Å². The molecule has 19 heavy (non-hydrogen) atoms. The Morgan fingerprint density at radius 1 is 1.21 bits per heavy atom. The standard InChI is InChI=1S/C15H17N3O/c1-10-3-2-4-11(7-10)9-18-14-8-12(16)5-6-13(14)15(17)19/h2-8,18H,9,16H2,1H3,(H2,17,19). The van der Waals surface area contributed by atoms with Crippen LogP contribution in [0.4, 0.5) is 11.4 Å². The van der Waals surface area contributed by atoms with Crippen molar-refractivity contribution >= 4 is 17.3 Å². The predicted molar refractivity (Wildman–Crippen MR) is 77.9 cm³/mol. The normalized spacial score (nSPS) is 10.2. The fourth-order valence-electron chi connectivity index (χ4n) is 1.94. The van der Waals surface area contributed by atoms with Gasteiger partial charge in [-0.15, -0.1) is 0 Å². The van der Waals surface area contributed by atoms with Crippen molar-refractivity contribution in [3.05, 3.63) is 59.2 Å². The summed E-state index contributed by atoms with van der Waals surface area (Å²) in [5.74, 6) is -0.466. The van der Waals surface area contributed by atoms with Crippen LogP contribution in [0.25, 0.3) is 0 Å². The van der Waals surface area contributed by atoms with E-state index in [1.807, 2.05) is 25.1 Å². The minimum Gasteiger partial charge on any atom is -0.399 e. The van der Waals surface area contributed by atoms with Crippen molar-refractivity contribution in [2.75, 3.05) is 11.1 Å². The third kappa shape index (κ3) is 3.25. The number of nitrogens with two attached hydrogens (primary N) is 2. The van der Waals surface area contributed by atoms with Crippen LogP contribution in [0.3, 0.4) is 0 Å². The van der Waals surface area contributed by atoms with Crippen LogP contribution in [0, 0.1) is 6.92 Å². The highest BCUT2D eigenvalue weighted by molar-refractivity contribution is 5.99. The first-order valence-corrected chi connectivity index (χ1v) is 6.05. The van der Waals surface area contributed by atoms with E-state index < -0.39 is 5.91 Å². The summed E-state index contributed by atoms with van der Waals surface area (Å²) < 4.78 is 0. The second-order valence-corrected chi connectivity index (χ2v) is 4.51. The molecule has 98 valence electrons. The maximum Gasteiger partial charge on any atom is 0.250 e. The molecule has 2 aromatic rings. The smallest absolute Gasteiger partial charge is 0.250 e. The Balaban J connectivity index is 2.19. The summed E-state index contributed by atoms with van der Waals surface area (Å²) in [5.41, 5.74) is 15.1. The first-order valence-electron chi connectivity index (χ1n) is 6.05. The average molecular weight is 255 g/mol. The monoisotopic (exact) mass is 255 g/mol. The van der Waals surface area contributed by atoms with Gasteiger partial charge in [0.2, 0.25) is 0 Å². The number of carbonyl (C=O) groups excluding carboxylic acids is 1. The number of rotatable bonds is 4. The van der Waals surface area contributed by atoms with Gasteiger partial charge in [0.25, 0.3) is 5.91 Å². The highest BCUT2D eigenvalue weighted by Gasteiger charge is 2.08. The van der Waals surface area contributed by atoms with E-state index in [0.717, 1.165) is 5.56 Å². The minimum atomic E-state index is -0.466.